The van der Waals surface area contributed by atoms with Crippen molar-refractivity contribution in [3.05, 3.63) is 0 Å². The summed E-state index contributed by atoms with van der Waals surface area (Å²) >= 11 is 16.4. The Morgan fingerprint density at radius 1 is 0.295 bits per heavy atom. The Morgan fingerprint density at radius 2 is 0.459 bits per heavy atom. The van der Waals surface area contributed by atoms with Gasteiger partial charge in [-0.1, -0.05) is 0 Å². The lowest BCUT2D eigenvalue weighted by Gasteiger charge is -2.34. The van der Waals surface area contributed by atoms with E-state index in [-0.39, 0.29) is 128 Å². The first-order valence-corrected chi connectivity index (χ1v) is 23.9. The van der Waals surface area contributed by atoms with Crippen molar-refractivity contribution < 1.29 is 77.3 Å². The van der Waals surface area contributed by atoms with Crippen molar-refractivity contribution >= 4 is 50.5 Å². The van der Waals surface area contributed by atoms with Crippen molar-refractivity contribution in [3.8, 4) is 0 Å². The van der Waals surface area contributed by atoms with Crippen molar-refractivity contribution in [1.29, 1.82) is 0 Å². The Hall–Kier alpha value is 0.760. The van der Waals surface area contributed by atoms with Gasteiger partial charge in [0, 0.05) is 23.0 Å². The van der Waals surface area contributed by atoms with Gasteiger partial charge in [0.15, 0.2) is 0 Å². The number of ether oxygens (including phenoxy) is 12. The lowest BCUT2D eigenvalue weighted by atomic mass is 9.92. The van der Waals surface area contributed by atoms with E-state index in [1.165, 1.54) is 0 Å². The number of rotatable bonds is 44. The minimum atomic E-state index is -0.781. The minimum Gasteiger partial charge on any atom is -0.390 e. The molecule has 0 saturated heterocycles. The molecule has 12 atom stereocenters. The quantitative estimate of drug-likeness (QED) is 0.0416. The van der Waals surface area contributed by atoms with Crippen LogP contribution in [0.15, 0.2) is 0 Å². The first kappa shape index (κ1) is 61.8. The first-order chi connectivity index (χ1) is 29.0. The van der Waals surface area contributed by atoms with Crippen LogP contribution in [0, 0.1) is 5.41 Å². The highest BCUT2D eigenvalue weighted by Gasteiger charge is 2.34. The van der Waals surface area contributed by atoms with Crippen molar-refractivity contribution in [1.82, 2.24) is 0 Å². The maximum atomic E-state index is 9.77. The molecule has 0 bridgehead atoms. The van der Waals surface area contributed by atoms with E-state index in [4.69, 9.17) is 56.8 Å². The molecule has 0 heterocycles. The van der Waals surface area contributed by atoms with E-state index in [1.807, 2.05) is 55.4 Å². The maximum Gasteiger partial charge on any atom is 0.0861 e. The van der Waals surface area contributed by atoms with E-state index in [0.717, 1.165) is 0 Å². The largest absolute Gasteiger partial charge is 0.390 e. The fourth-order valence-corrected chi connectivity index (χ4v) is 5.33. The van der Waals surface area contributed by atoms with Gasteiger partial charge in [0.25, 0.3) is 0 Å². The molecule has 0 amide bonds. The van der Waals surface area contributed by atoms with Crippen molar-refractivity contribution in [2.24, 2.45) is 5.41 Å². The third kappa shape index (κ3) is 35.6. The molecule has 0 spiro atoms. The van der Waals surface area contributed by atoms with Gasteiger partial charge in [-0.15, -0.1) is 0 Å². The van der Waals surface area contributed by atoms with Crippen LogP contribution in [0.3, 0.4) is 0 Å². The molecule has 0 radical (unpaired) electrons. The summed E-state index contributed by atoms with van der Waals surface area (Å²) in [6.07, 6.45) is -4.61. The molecule has 0 saturated carbocycles. The summed E-state index contributed by atoms with van der Waals surface area (Å²) in [4.78, 5) is 0. The third-order valence-electron chi connectivity index (χ3n) is 8.64. The molecule has 0 aliphatic rings. The van der Waals surface area contributed by atoms with Crippen molar-refractivity contribution in [3.63, 3.8) is 0 Å². The summed E-state index contributed by atoms with van der Waals surface area (Å²) in [6.45, 7) is 19.0. The standard InChI is InChI=1S/C41H84O16S4/c1-29(50-13-33(5)54-17-37(42)21-58)9-46-25-41(26-47-10-30(2)51-14-34(6)55-18-38(43)22-59,27-48-11-31(3)52-15-35(7)56-19-39(44)23-60)28-49-12-32(4)53-16-36(8)57-20-40(45)24-61/h29-40,42-45,58-61H,9-28H2,1-8H3. The molecule has 0 aromatic rings. The van der Waals surface area contributed by atoms with Crippen LogP contribution in [0.2, 0.25) is 0 Å². The number of hydrogen-bond donors (Lipinski definition) is 8. The molecule has 0 aromatic carbocycles. The monoisotopic (exact) mass is 960 g/mol. The number of thiol groups is 4. The maximum absolute atomic E-state index is 9.77. The average Bonchev–Trinajstić information content (AvgIpc) is 3.25. The number of aliphatic hydroxyl groups is 4. The topological polar surface area (TPSA) is 192 Å². The fourth-order valence-electron chi connectivity index (χ4n) is 4.91. The first-order valence-electron chi connectivity index (χ1n) is 21.4. The Kier molecular flexibility index (Phi) is 39.3. The second-order valence-electron chi connectivity index (χ2n) is 16.1. The second kappa shape index (κ2) is 38.8. The molecule has 12 unspecified atom stereocenters. The van der Waals surface area contributed by atoms with Gasteiger partial charge in [-0.3, -0.25) is 0 Å². The van der Waals surface area contributed by atoms with E-state index in [9.17, 15) is 20.4 Å². The van der Waals surface area contributed by atoms with Gasteiger partial charge in [-0.2, -0.15) is 50.5 Å². The highest BCUT2D eigenvalue weighted by molar-refractivity contribution is 7.80. The van der Waals surface area contributed by atoms with Crippen LogP contribution in [0.1, 0.15) is 55.4 Å². The smallest absolute Gasteiger partial charge is 0.0861 e. The molecule has 4 N–H and O–H groups in total. The molecule has 61 heavy (non-hydrogen) atoms. The van der Waals surface area contributed by atoms with Crippen LogP contribution >= 0.6 is 50.5 Å². The van der Waals surface area contributed by atoms with Crippen LogP contribution < -0.4 is 0 Å². The van der Waals surface area contributed by atoms with Gasteiger partial charge in [0.2, 0.25) is 0 Å². The lowest BCUT2D eigenvalue weighted by Crippen LogP contribution is -2.44. The predicted molar refractivity (Wildman–Crippen MR) is 248 cm³/mol. The molecule has 0 fully saturated rings. The van der Waals surface area contributed by atoms with Crippen LogP contribution in [-0.4, -0.2) is 222 Å². The van der Waals surface area contributed by atoms with E-state index < -0.39 is 29.8 Å². The summed E-state index contributed by atoms with van der Waals surface area (Å²) in [5.41, 5.74) is -0.781. The number of hydrogen-bond acceptors (Lipinski definition) is 20. The average molecular weight is 961 g/mol. The molecule has 0 aliphatic heterocycles. The normalized spacial score (nSPS) is 19.3. The van der Waals surface area contributed by atoms with E-state index >= 15 is 0 Å². The fraction of sp³-hybridized carbons (Fsp3) is 1.00. The van der Waals surface area contributed by atoms with Crippen LogP contribution in [-0.2, 0) is 56.8 Å². The molecule has 0 rings (SSSR count). The van der Waals surface area contributed by atoms with Gasteiger partial charge in [0.1, 0.15) is 0 Å². The van der Waals surface area contributed by atoms with E-state index in [1.54, 1.807) is 0 Å². The molecule has 16 nitrogen and oxygen atoms in total. The zero-order valence-electron chi connectivity index (χ0n) is 38.0. The second-order valence-corrected chi connectivity index (χ2v) is 17.5. The van der Waals surface area contributed by atoms with Crippen LogP contribution in [0.4, 0.5) is 0 Å². The van der Waals surface area contributed by atoms with Crippen LogP contribution in [0.5, 0.6) is 0 Å². The summed E-state index contributed by atoms with van der Waals surface area (Å²) < 4.78 is 71.8. The Balaban J connectivity index is 5.78. The van der Waals surface area contributed by atoms with Crippen molar-refractivity contribution in [2.75, 3.05) is 129 Å². The van der Waals surface area contributed by atoms with E-state index in [0.29, 0.717) is 49.4 Å². The summed E-state index contributed by atoms with van der Waals surface area (Å²) in [5.74, 6) is 1.24. The molecule has 0 aliphatic carbocycles. The SMILES string of the molecule is CC(COCC(COCC(C)OCC(C)OCC(O)CS)(COCC(C)OCC(C)OCC(O)CS)COCC(C)OCC(C)OCC(O)CS)OCC(C)OCC(O)CS. The number of aliphatic hydroxyl groups excluding tert-OH is 4. The third-order valence-corrected chi connectivity index (χ3v) is 10.3. The summed E-state index contributed by atoms with van der Waals surface area (Å²) in [6, 6.07) is 0. The van der Waals surface area contributed by atoms with Gasteiger partial charge in [-0.05, 0) is 55.4 Å². The Labute approximate surface area is 388 Å². The molecular formula is C41H84O16S4. The van der Waals surface area contributed by atoms with Crippen molar-refractivity contribution in [2.45, 2.75) is 129 Å². The molecule has 20 heteroatoms. The summed E-state index contributed by atoms with van der Waals surface area (Å²) in [7, 11) is 0. The summed E-state index contributed by atoms with van der Waals surface area (Å²) in [5, 5.41) is 39.1. The Bertz CT molecular complexity index is 838. The Morgan fingerprint density at radius 3 is 0.639 bits per heavy atom. The molecule has 368 valence electrons. The van der Waals surface area contributed by atoms with Gasteiger partial charge < -0.3 is 77.3 Å². The highest BCUT2D eigenvalue weighted by atomic mass is 32.1. The molecule has 0 aromatic heterocycles. The predicted octanol–water partition coefficient (Wildman–Crippen LogP) is 2.44. The zero-order valence-corrected chi connectivity index (χ0v) is 41.6. The molecular weight excluding hydrogens is 877 g/mol. The lowest BCUT2D eigenvalue weighted by molar-refractivity contribution is -0.145. The zero-order chi connectivity index (χ0) is 46.1. The minimum absolute atomic E-state index is 0.173. The van der Waals surface area contributed by atoms with Gasteiger partial charge in [-0.25, -0.2) is 0 Å². The van der Waals surface area contributed by atoms with Gasteiger partial charge >= 0.3 is 0 Å². The van der Waals surface area contributed by atoms with Crippen LogP contribution in [0.25, 0.3) is 0 Å². The van der Waals surface area contributed by atoms with E-state index in [2.05, 4.69) is 50.5 Å². The highest BCUT2D eigenvalue weighted by Crippen LogP contribution is 2.22. The van der Waals surface area contributed by atoms with Gasteiger partial charge in [0.05, 0.1) is 184 Å².